The molecule has 1 aliphatic rings. The number of aliphatic hydroxyl groups is 1. The molecular weight excluding hydrogens is 266 g/mol. The SMILES string of the molecule is OC(Cc1ccc(Br)cn1)C1CC=CCC1. The molecule has 0 aliphatic heterocycles. The maximum Gasteiger partial charge on any atom is 0.0626 e. The van der Waals surface area contributed by atoms with E-state index in [2.05, 4.69) is 33.1 Å². The third kappa shape index (κ3) is 3.16. The zero-order valence-electron chi connectivity index (χ0n) is 9.14. The van der Waals surface area contributed by atoms with Crippen molar-refractivity contribution in [2.75, 3.05) is 0 Å². The van der Waals surface area contributed by atoms with E-state index >= 15 is 0 Å². The molecule has 2 nitrogen and oxygen atoms in total. The molecule has 16 heavy (non-hydrogen) atoms. The van der Waals surface area contributed by atoms with Crippen LogP contribution in [0.25, 0.3) is 0 Å². The van der Waals surface area contributed by atoms with Crippen molar-refractivity contribution in [3.05, 3.63) is 40.6 Å². The first-order valence-corrected chi connectivity index (χ1v) is 6.48. The summed E-state index contributed by atoms with van der Waals surface area (Å²) in [6.07, 6.45) is 9.72. The molecule has 0 aromatic carbocycles. The van der Waals surface area contributed by atoms with Gasteiger partial charge >= 0.3 is 0 Å². The number of nitrogens with zero attached hydrogens (tertiary/aromatic N) is 1. The number of hydrogen-bond donors (Lipinski definition) is 1. The van der Waals surface area contributed by atoms with Crippen molar-refractivity contribution in [3.8, 4) is 0 Å². The summed E-state index contributed by atoms with van der Waals surface area (Å²) in [6, 6.07) is 3.93. The molecule has 0 spiro atoms. The number of allylic oxidation sites excluding steroid dienone is 2. The van der Waals surface area contributed by atoms with E-state index in [1.807, 2.05) is 12.1 Å². The average Bonchev–Trinajstić information content (AvgIpc) is 2.33. The molecule has 0 saturated heterocycles. The molecule has 0 bridgehead atoms. The van der Waals surface area contributed by atoms with Gasteiger partial charge in [-0.25, -0.2) is 0 Å². The monoisotopic (exact) mass is 281 g/mol. The second kappa shape index (κ2) is 5.60. The van der Waals surface area contributed by atoms with Gasteiger partial charge in [0.2, 0.25) is 0 Å². The van der Waals surface area contributed by atoms with Crippen LogP contribution >= 0.6 is 15.9 Å². The van der Waals surface area contributed by atoms with Gasteiger partial charge in [-0.2, -0.15) is 0 Å². The molecule has 1 N–H and O–H groups in total. The maximum absolute atomic E-state index is 10.1. The molecule has 1 aromatic heterocycles. The third-order valence-electron chi connectivity index (χ3n) is 3.06. The van der Waals surface area contributed by atoms with Crippen LogP contribution in [0.15, 0.2) is 35.0 Å². The lowest BCUT2D eigenvalue weighted by atomic mass is 9.87. The maximum atomic E-state index is 10.1. The minimum absolute atomic E-state index is 0.265. The molecule has 86 valence electrons. The van der Waals surface area contributed by atoms with Crippen LogP contribution in [-0.4, -0.2) is 16.2 Å². The van der Waals surface area contributed by atoms with Crippen molar-refractivity contribution in [1.29, 1.82) is 0 Å². The van der Waals surface area contributed by atoms with Crippen LogP contribution in [0.3, 0.4) is 0 Å². The first kappa shape index (κ1) is 11.8. The highest BCUT2D eigenvalue weighted by molar-refractivity contribution is 9.10. The zero-order chi connectivity index (χ0) is 11.4. The Morgan fingerprint density at radius 2 is 2.31 bits per heavy atom. The van der Waals surface area contributed by atoms with Crippen molar-refractivity contribution < 1.29 is 5.11 Å². The van der Waals surface area contributed by atoms with E-state index in [4.69, 9.17) is 0 Å². The number of hydrogen-bond acceptors (Lipinski definition) is 2. The second-order valence-electron chi connectivity index (χ2n) is 4.28. The molecule has 0 fully saturated rings. The highest BCUT2D eigenvalue weighted by Crippen LogP contribution is 2.23. The summed E-state index contributed by atoms with van der Waals surface area (Å²) < 4.78 is 0.978. The van der Waals surface area contributed by atoms with Crippen molar-refractivity contribution in [2.45, 2.75) is 31.8 Å². The Labute approximate surface area is 105 Å². The molecule has 1 aromatic rings. The van der Waals surface area contributed by atoms with Crippen molar-refractivity contribution in [2.24, 2.45) is 5.92 Å². The molecule has 1 aliphatic carbocycles. The Hall–Kier alpha value is -0.670. The first-order chi connectivity index (χ1) is 7.75. The third-order valence-corrected chi connectivity index (χ3v) is 3.53. The summed E-state index contributed by atoms with van der Waals surface area (Å²) in [4.78, 5) is 4.29. The van der Waals surface area contributed by atoms with Gasteiger partial charge < -0.3 is 5.11 Å². The number of aromatic nitrogens is 1. The van der Waals surface area contributed by atoms with Gasteiger partial charge in [-0.05, 0) is 53.2 Å². The number of halogens is 1. The summed E-state index contributed by atoms with van der Waals surface area (Å²) in [7, 11) is 0. The van der Waals surface area contributed by atoms with Gasteiger partial charge in [0.15, 0.2) is 0 Å². The highest BCUT2D eigenvalue weighted by Gasteiger charge is 2.19. The van der Waals surface area contributed by atoms with Crippen molar-refractivity contribution in [1.82, 2.24) is 4.98 Å². The Kier molecular flexibility index (Phi) is 4.13. The van der Waals surface area contributed by atoms with E-state index < -0.39 is 0 Å². The average molecular weight is 282 g/mol. The van der Waals surface area contributed by atoms with Crippen LogP contribution in [0.5, 0.6) is 0 Å². The zero-order valence-corrected chi connectivity index (χ0v) is 10.7. The van der Waals surface area contributed by atoms with Gasteiger partial charge in [0.05, 0.1) is 6.10 Å². The van der Waals surface area contributed by atoms with E-state index in [0.717, 1.165) is 29.4 Å². The Bertz CT molecular complexity index is 361. The van der Waals surface area contributed by atoms with E-state index in [9.17, 15) is 5.11 Å². The Morgan fingerprint density at radius 3 is 2.94 bits per heavy atom. The van der Waals surface area contributed by atoms with Gasteiger partial charge in [0, 0.05) is 22.8 Å². The smallest absolute Gasteiger partial charge is 0.0626 e. The van der Waals surface area contributed by atoms with Gasteiger partial charge in [-0.15, -0.1) is 0 Å². The van der Waals surface area contributed by atoms with Crippen LogP contribution in [0.2, 0.25) is 0 Å². The van der Waals surface area contributed by atoms with E-state index in [-0.39, 0.29) is 6.10 Å². The predicted octanol–water partition coefficient (Wildman–Crippen LogP) is 3.10. The number of aliphatic hydroxyl groups excluding tert-OH is 1. The molecule has 2 atom stereocenters. The van der Waals surface area contributed by atoms with Crippen LogP contribution < -0.4 is 0 Å². The molecule has 0 radical (unpaired) electrons. The summed E-state index contributed by atoms with van der Waals surface area (Å²) in [6.45, 7) is 0. The standard InChI is InChI=1S/C13H16BrNO/c14-11-6-7-12(15-9-11)8-13(16)10-4-2-1-3-5-10/h1-2,6-7,9-10,13,16H,3-5,8H2. The summed E-state index contributed by atoms with van der Waals surface area (Å²) in [5.74, 6) is 0.399. The molecule has 0 amide bonds. The van der Waals surface area contributed by atoms with Gasteiger partial charge in [0.25, 0.3) is 0 Å². The van der Waals surface area contributed by atoms with Crippen LogP contribution in [0.4, 0.5) is 0 Å². The molecular formula is C13H16BrNO. The molecule has 1 heterocycles. The number of pyridine rings is 1. The minimum Gasteiger partial charge on any atom is -0.392 e. The first-order valence-electron chi connectivity index (χ1n) is 5.69. The summed E-state index contributed by atoms with van der Waals surface area (Å²) >= 11 is 3.35. The Balaban J connectivity index is 1.93. The summed E-state index contributed by atoms with van der Waals surface area (Å²) in [5.41, 5.74) is 0.963. The van der Waals surface area contributed by atoms with Crippen LogP contribution in [0.1, 0.15) is 25.0 Å². The Morgan fingerprint density at radius 1 is 1.44 bits per heavy atom. The molecule has 0 saturated carbocycles. The van der Waals surface area contributed by atoms with Gasteiger partial charge in [-0.3, -0.25) is 4.98 Å². The van der Waals surface area contributed by atoms with Gasteiger partial charge in [0.1, 0.15) is 0 Å². The highest BCUT2D eigenvalue weighted by atomic mass is 79.9. The normalized spacial score (nSPS) is 22.0. The van der Waals surface area contributed by atoms with E-state index in [1.54, 1.807) is 6.20 Å². The van der Waals surface area contributed by atoms with Crippen LogP contribution in [-0.2, 0) is 6.42 Å². The molecule has 2 rings (SSSR count). The molecule has 2 unspecified atom stereocenters. The second-order valence-corrected chi connectivity index (χ2v) is 5.20. The minimum atomic E-state index is -0.265. The van der Waals surface area contributed by atoms with Crippen molar-refractivity contribution in [3.63, 3.8) is 0 Å². The largest absolute Gasteiger partial charge is 0.392 e. The lowest BCUT2D eigenvalue weighted by Gasteiger charge is -2.23. The predicted molar refractivity (Wildman–Crippen MR) is 68.1 cm³/mol. The fraction of sp³-hybridized carbons (Fsp3) is 0.462. The van der Waals surface area contributed by atoms with Crippen LogP contribution in [0, 0.1) is 5.92 Å². The lowest BCUT2D eigenvalue weighted by molar-refractivity contribution is 0.101. The fourth-order valence-corrected chi connectivity index (χ4v) is 2.31. The van der Waals surface area contributed by atoms with E-state index in [0.29, 0.717) is 12.3 Å². The lowest BCUT2D eigenvalue weighted by Crippen LogP contribution is -2.24. The summed E-state index contributed by atoms with van der Waals surface area (Å²) in [5, 5.41) is 10.1. The topological polar surface area (TPSA) is 33.1 Å². The quantitative estimate of drug-likeness (QED) is 0.864. The van der Waals surface area contributed by atoms with E-state index in [1.165, 1.54) is 0 Å². The molecule has 3 heteroatoms. The van der Waals surface area contributed by atoms with Crippen molar-refractivity contribution >= 4 is 15.9 Å². The fourth-order valence-electron chi connectivity index (χ4n) is 2.07. The number of rotatable bonds is 3. The van der Waals surface area contributed by atoms with Gasteiger partial charge in [-0.1, -0.05) is 12.2 Å².